The van der Waals surface area contributed by atoms with Gasteiger partial charge in [0.05, 0.1) is 0 Å². The summed E-state index contributed by atoms with van der Waals surface area (Å²) in [6.07, 6.45) is 3.07. The number of aromatic hydroxyl groups is 1. The fourth-order valence-electron chi connectivity index (χ4n) is 5.10. The Balaban J connectivity index is 1.86. The molecular weight excluding hydrogens is 492 g/mol. The monoisotopic (exact) mass is 542 g/mol. The van der Waals surface area contributed by atoms with Gasteiger partial charge in [0.15, 0.2) is 0 Å². The third-order valence-electron chi connectivity index (χ3n) is 7.49. The highest BCUT2D eigenvalue weighted by atomic mass is 16.3. The number of hydrogen-bond donors (Lipinski definition) is 2. The number of phenols is 1. The van der Waals surface area contributed by atoms with Gasteiger partial charge in [0.25, 0.3) is 0 Å². The molecule has 1 amide bonds. The molecule has 4 heteroatoms. The van der Waals surface area contributed by atoms with Crippen LogP contribution in [0.25, 0.3) is 0 Å². The number of amides is 1. The van der Waals surface area contributed by atoms with Gasteiger partial charge in [0.1, 0.15) is 5.75 Å². The molecule has 0 aliphatic heterocycles. The number of hydrogen-bond acceptors (Lipinski definition) is 3. The van der Waals surface area contributed by atoms with Crippen molar-refractivity contribution in [3.8, 4) is 5.75 Å². The van der Waals surface area contributed by atoms with E-state index in [-0.39, 0.29) is 22.8 Å². The van der Waals surface area contributed by atoms with Gasteiger partial charge in [-0.3, -0.25) is 4.79 Å². The first-order valence-electron chi connectivity index (χ1n) is 14.8. The fourth-order valence-corrected chi connectivity index (χ4v) is 5.10. The number of phenolic OH excluding ortho intramolecular Hbond substituents is 1. The van der Waals surface area contributed by atoms with Gasteiger partial charge in [0.2, 0.25) is 5.91 Å². The molecule has 4 nitrogen and oxygen atoms in total. The summed E-state index contributed by atoms with van der Waals surface area (Å²) in [5, 5.41) is 14.5. The molecule has 3 aromatic carbocycles. The number of aryl methyl sites for hydroxylation is 1. The van der Waals surface area contributed by atoms with Crippen molar-refractivity contribution in [2.75, 3.05) is 10.2 Å². The summed E-state index contributed by atoms with van der Waals surface area (Å²) < 4.78 is 0. The zero-order valence-corrected chi connectivity index (χ0v) is 26.1. The van der Waals surface area contributed by atoms with Crippen LogP contribution in [0.3, 0.4) is 0 Å². The zero-order chi connectivity index (χ0) is 29.7. The first-order valence-corrected chi connectivity index (χ1v) is 14.8. The van der Waals surface area contributed by atoms with Crippen LogP contribution in [0.2, 0.25) is 0 Å². The van der Waals surface area contributed by atoms with Crippen LogP contribution in [0.1, 0.15) is 98.3 Å². The lowest BCUT2D eigenvalue weighted by Crippen LogP contribution is -2.39. The molecule has 0 aliphatic carbocycles. The third-order valence-corrected chi connectivity index (χ3v) is 7.49. The highest BCUT2D eigenvalue weighted by Gasteiger charge is 2.27. The Bertz CT molecular complexity index is 1210. The summed E-state index contributed by atoms with van der Waals surface area (Å²) in [5.74, 6) is 1.09. The highest BCUT2D eigenvalue weighted by molar-refractivity contribution is 5.94. The molecule has 40 heavy (non-hydrogen) atoms. The Hall–Kier alpha value is -3.27. The molecule has 0 heterocycles. The van der Waals surface area contributed by atoms with E-state index in [0.717, 1.165) is 46.6 Å². The van der Waals surface area contributed by atoms with E-state index in [1.165, 1.54) is 0 Å². The molecule has 0 fully saturated rings. The maximum atomic E-state index is 13.9. The minimum atomic E-state index is -0.197. The quantitative estimate of drug-likeness (QED) is 0.268. The van der Waals surface area contributed by atoms with Crippen LogP contribution in [0, 0.1) is 5.92 Å². The number of para-hydroxylation sites is 1. The van der Waals surface area contributed by atoms with E-state index >= 15 is 0 Å². The first kappa shape index (κ1) is 31.3. The lowest BCUT2D eigenvalue weighted by molar-refractivity contribution is -0.119. The summed E-state index contributed by atoms with van der Waals surface area (Å²) in [6.45, 7) is 19.4. The molecule has 0 spiro atoms. The molecular formula is C36H50N2O2. The number of nitrogens with one attached hydrogen (secondary N) is 1. The molecule has 2 N–H and O–H groups in total. The Morgan fingerprint density at radius 1 is 0.800 bits per heavy atom. The van der Waals surface area contributed by atoms with Crippen LogP contribution in [0.4, 0.5) is 17.1 Å². The molecule has 216 valence electrons. The molecule has 0 aromatic heterocycles. The van der Waals surface area contributed by atoms with Crippen LogP contribution < -0.4 is 10.2 Å². The Morgan fingerprint density at radius 2 is 1.32 bits per heavy atom. The first-order chi connectivity index (χ1) is 18.7. The van der Waals surface area contributed by atoms with E-state index in [0.29, 0.717) is 24.5 Å². The topological polar surface area (TPSA) is 52.6 Å². The molecule has 0 bridgehead atoms. The molecule has 0 radical (unpaired) electrons. The van der Waals surface area contributed by atoms with Crippen molar-refractivity contribution in [3.05, 3.63) is 83.4 Å². The molecule has 0 saturated heterocycles. The molecule has 3 aromatic rings. The third kappa shape index (κ3) is 8.36. The van der Waals surface area contributed by atoms with Gasteiger partial charge < -0.3 is 15.3 Å². The second kappa shape index (κ2) is 12.9. The second-order valence-electron chi connectivity index (χ2n) is 13.7. The number of carbonyl (C=O) groups excluding carboxylic acids is 1. The predicted octanol–water partition coefficient (Wildman–Crippen LogP) is 9.52. The van der Waals surface area contributed by atoms with Crippen molar-refractivity contribution in [2.24, 2.45) is 5.92 Å². The maximum absolute atomic E-state index is 13.9. The summed E-state index contributed by atoms with van der Waals surface area (Å²) in [5.41, 5.74) is 5.53. The van der Waals surface area contributed by atoms with Crippen LogP contribution in [0.5, 0.6) is 5.75 Å². The van der Waals surface area contributed by atoms with Crippen molar-refractivity contribution >= 4 is 23.0 Å². The standard InChI is InChI=1S/C36H50N2O2/c1-25(2)15-16-26(3)38(30-20-18-29(19-21-30)37-28-13-11-10-12-14-28)33(39)22-17-27-23-31(35(4,5)6)34(40)32(24-27)36(7,8)9/h10-14,18-21,23-26,37,40H,15-17,22H2,1-9H3. The van der Waals surface area contributed by atoms with Gasteiger partial charge in [-0.15, -0.1) is 0 Å². The van der Waals surface area contributed by atoms with Crippen LogP contribution in [-0.2, 0) is 22.0 Å². The summed E-state index contributed by atoms with van der Waals surface area (Å²) in [6, 6.07) is 22.6. The van der Waals surface area contributed by atoms with Gasteiger partial charge in [-0.05, 0) is 96.0 Å². The lowest BCUT2D eigenvalue weighted by Gasteiger charge is -2.31. The predicted molar refractivity (Wildman–Crippen MR) is 171 cm³/mol. The van der Waals surface area contributed by atoms with Gasteiger partial charge in [-0.2, -0.15) is 0 Å². The number of nitrogens with zero attached hydrogens (tertiary/aromatic N) is 1. The van der Waals surface area contributed by atoms with Gasteiger partial charge in [0, 0.05) is 29.5 Å². The van der Waals surface area contributed by atoms with Crippen molar-refractivity contribution < 1.29 is 9.90 Å². The van der Waals surface area contributed by atoms with E-state index in [1.807, 2.05) is 59.5 Å². The van der Waals surface area contributed by atoms with Crippen LogP contribution in [-0.4, -0.2) is 17.1 Å². The number of rotatable bonds is 10. The van der Waals surface area contributed by atoms with Crippen molar-refractivity contribution in [1.29, 1.82) is 0 Å². The average Bonchev–Trinajstić information content (AvgIpc) is 2.87. The average molecular weight is 543 g/mol. The molecule has 1 atom stereocenters. The van der Waals surface area contributed by atoms with E-state index in [2.05, 4.69) is 79.8 Å². The SMILES string of the molecule is CC(C)CCC(C)N(C(=O)CCc1cc(C(C)(C)C)c(O)c(C(C)(C)C)c1)c1ccc(Nc2ccccc2)cc1. The molecule has 0 aliphatic rings. The summed E-state index contributed by atoms with van der Waals surface area (Å²) >= 11 is 0. The normalized spacial score (nSPS) is 12.8. The Kier molecular flexibility index (Phi) is 10.1. The van der Waals surface area contributed by atoms with E-state index < -0.39 is 0 Å². The van der Waals surface area contributed by atoms with E-state index in [4.69, 9.17) is 0 Å². The summed E-state index contributed by atoms with van der Waals surface area (Å²) in [7, 11) is 0. The van der Waals surface area contributed by atoms with E-state index in [1.54, 1.807) is 0 Å². The lowest BCUT2D eigenvalue weighted by atomic mass is 9.78. The van der Waals surface area contributed by atoms with Crippen LogP contribution in [0.15, 0.2) is 66.7 Å². The molecule has 3 rings (SSSR count). The Labute approximate surface area is 242 Å². The highest BCUT2D eigenvalue weighted by Crippen LogP contribution is 2.40. The van der Waals surface area contributed by atoms with Crippen molar-refractivity contribution in [1.82, 2.24) is 0 Å². The van der Waals surface area contributed by atoms with E-state index in [9.17, 15) is 9.90 Å². The number of carbonyl (C=O) groups is 1. The Morgan fingerprint density at radius 3 is 1.82 bits per heavy atom. The maximum Gasteiger partial charge on any atom is 0.227 e. The molecule has 1 unspecified atom stereocenters. The second-order valence-corrected chi connectivity index (χ2v) is 13.7. The van der Waals surface area contributed by atoms with Gasteiger partial charge >= 0.3 is 0 Å². The number of benzene rings is 3. The number of anilines is 3. The molecule has 0 saturated carbocycles. The van der Waals surface area contributed by atoms with Crippen LogP contribution >= 0.6 is 0 Å². The van der Waals surface area contributed by atoms with Crippen molar-refractivity contribution in [3.63, 3.8) is 0 Å². The largest absolute Gasteiger partial charge is 0.507 e. The minimum Gasteiger partial charge on any atom is -0.507 e. The summed E-state index contributed by atoms with van der Waals surface area (Å²) in [4.78, 5) is 15.9. The van der Waals surface area contributed by atoms with Gasteiger partial charge in [-0.25, -0.2) is 0 Å². The minimum absolute atomic E-state index is 0.0953. The zero-order valence-electron chi connectivity index (χ0n) is 26.1. The fraction of sp³-hybridized carbons (Fsp3) is 0.472. The smallest absolute Gasteiger partial charge is 0.227 e. The van der Waals surface area contributed by atoms with Crippen molar-refractivity contribution in [2.45, 2.75) is 105 Å². The van der Waals surface area contributed by atoms with Gasteiger partial charge in [-0.1, -0.05) is 85.7 Å².